The molecule has 0 aliphatic rings. The number of hydrogen-bond donors (Lipinski definition) is 2. The maximum absolute atomic E-state index is 13.4. The maximum atomic E-state index is 13.4. The summed E-state index contributed by atoms with van der Waals surface area (Å²) in [5, 5.41) is 11.5. The number of unbranched alkanes of at least 4 members (excludes halogenated alkanes) is 2. The Hall–Kier alpha value is -1.58. The summed E-state index contributed by atoms with van der Waals surface area (Å²) >= 11 is 0. The molecule has 0 heterocycles. The normalized spacial score (nSPS) is 10.2. The van der Waals surface area contributed by atoms with Gasteiger partial charge in [-0.2, -0.15) is 0 Å². The van der Waals surface area contributed by atoms with Gasteiger partial charge >= 0.3 is 5.97 Å². The summed E-state index contributed by atoms with van der Waals surface area (Å²) < 4.78 is 13.4. The fourth-order valence-electron chi connectivity index (χ4n) is 1.56. The number of carboxylic acids is 1. The molecule has 0 saturated heterocycles. The van der Waals surface area contributed by atoms with E-state index >= 15 is 0 Å². The molecule has 0 saturated carbocycles. The van der Waals surface area contributed by atoms with E-state index in [2.05, 4.69) is 5.32 Å². The van der Waals surface area contributed by atoms with Gasteiger partial charge in [0.05, 0.1) is 5.69 Å². The Kier molecular flexibility index (Phi) is 5.46. The summed E-state index contributed by atoms with van der Waals surface area (Å²) in [5.41, 5.74) is 1.41. The molecule has 0 bridgehead atoms. The topological polar surface area (TPSA) is 49.3 Å². The molecule has 0 spiro atoms. The molecule has 0 amide bonds. The van der Waals surface area contributed by atoms with E-state index in [1.165, 1.54) is 6.07 Å². The third kappa shape index (κ3) is 5.33. The van der Waals surface area contributed by atoms with Crippen LogP contribution < -0.4 is 5.32 Å². The van der Waals surface area contributed by atoms with Crippen molar-refractivity contribution in [3.05, 3.63) is 29.6 Å². The van der Waals surface area contributed by atoms with E-state index in [-0.39, 0.29) is 12.2 Å². The molecule has 17 heavy (non-hydrogen) atoms. The Labute approximate surface area is 101 Å². The Morgan fingerprint density at radius 3 is 2.76 bits per heavy atom. The van der Waals surface area contributed by atoms with Crippen LogP contribution in [0.1, 0.15) is 31.2 Å². The molecular weight excluding hydrogens is 221 g/mol. The molecule has 0 aliphatic heterocycles. The van der Waals surface area contributed by atoms with Crippen molar-refractivity contribution in [2.75, 3.05) is 11.9 Å². The lowest BCUT2D eigenvalue weighted by Crippen LogP contribution is -2.04. The molecule has 1 aromatic rings. The molecule has 0 radical (unpaired) electrons. The zero-order valence-corrected chi connectivity index (χ0v) is 10.0. The molecule has 0 aliphatic carbocycles. The molecule has 0 fully saturated rings. The SMILES string of the molecule is Cc1ccc(NCCCCCC(=O)O)c(F)c1. The summed E-state index contributed by atoms with van der Waals surface area (Å²) in [6.07, 6.45) is 2.57. The van der Waals surface area contributed by atoms with Gasteiger partial charge in [0, 0.05) is 13.0 Å². The highest BCUT2D eigenvalue weighted by Gasteiger charge is 2.01. The van der Waals surface area contributed by atoms with E-state index in [0.29, 0.717) is 18.7 Å². The van der Waals surface area contributed by atoms with Crippen LogP contribution in [-0.2, 0) is 4.79 Å². The van der Waals surface area contributed by atoms with Crippen LogP contribution in [0.25, 0.3) is 0 Å². The molecular formula is C13H18FNO2. The van der Waals surface area contributed by atoms with Crippen LogP contribution in [0, 0.1) is 12.7 Å². The van der Waals surface area contributed by atoms with E-state index in [1.807, 2.05) is 13.0 Å². The second kappa shape index (κ2) is 6.89. The van der Waals surface area contributed by atoms with Crippen LogP contribution in [0.15, 0.2) is 18.2 Å². The van der Waals surface area contributed by atoms with Gasteiger partial charge in [-0.3, -0.25) is 4.79 Å². The zero-order valence-electron chi connectivity index (χ0n) is 10.0. The number of carboxylic acid groups (broad SMARTS) is 1. The van der Waals surface area contributed by atoms with Gasteiger partial charge in [0.15, 0.2) is 0 Å². The first-order valence-corrected chi connectivity index (χ1v) is 5.81. The first-order chi connectivity index (χ1) is 8.09. The van der Waals surface area contributed by atoms with Crippen molar-refractivity contribution < 1.29 is 14.3 Å². The van der Waals surface area contributed by atoms with E-state index in [9.17, 15) is 9.18 Å². The lowest BCUT2D eigenvalue weighted by atomic mass is 10.2. The Morgan fingerprint density at radius 1 is 1.35 bits per heavy atom. The van der Waals surface area contributed by atoms with Crippen molar-refractivity contribution in [2.45, 2.75) is 32.6 Å². The van der Waals surface area contributed by atoms with Gasteiger partial charge in [0.1, 0.15) is 5.82 Å². The number of aryl methyl sites for hydroxylation is 1. The third-order valence-corrected chi connectivity index (χ3v) is 2.51. The van der Waals surface area contributed by atoms with Crippen LogP contribution >= 0.6 is 0 Å². The second-order valence-corrected chi connectivity index (χ2v) is 4.11. The molecule has 1 rings (SSSR count). The second-order valence-electron chi connectivity index (χ2n) is 4.11. The van der Waals surface area contributed by atoms with Crippen molar-refractivity contribution in [1.82, 2.24) is 0 Å². The smallest absolute Gasteiger partial charge is 0.303 e. The highest BCUT2D eigenvalue weighted by atomic mass is 19.1. The summed E-state index contributed by atoms with van der Waals surface area (Å²) in [6, 6.07) is 5.07. The van der Waals surface area contributed by atoms with Gasteiger partial charge in [-0.25, -0.2) is 4.39 Å². The number of nitrogens with one attached hydrogen (secondary N) is 1. The van der Waals surface area contributed by atoms with Gasteiger partial charge in [-0.05, 0) is 37.5 Å². The largest absolute Gasteiger partial charge is 0.481 e. The highest BCUT2D eigenvalue weighted by molar-refractivity contribution is 5.66. The van der Waals surface area contributed by atoms with Crippen LogP contribution in [0.3, 0.4) is 0 Å². The van der Waals surface area contributed by atoms with Crippen molar-refractivity contribution in [3.8, 4) is 0 Å². The number of benzene rings is 1. The summed E-state index contributed by atoms with van der Waals surface area (Å²) in [6.45, 7) is 2.51. The fourth-order valence-corrected chi connectivity index (χ4v) is 1.56. The number of aliphatic carboxylic acids is 1. The molecule has 3 nitrogen and oxygen atoms in total. The monoisotopic (exact) mass is 239 g/mol. The van der Waals surface area contributed by atoms with Crippen LogP contribution in [0.2, 0.25) is 0 Å². The van der Waals surface area contributed by atoms with E-state index in [1.54, 1.807) is 6.07 Å². The lowest BCUT2D eigenvalue weighted by Gasteiger charge is -2.07. The molecule has 2 N–H and O–H groups in total. The number of rotatable bonds is 7. The average Bonchev–Trinajstić information content (AvgIpc) is 2.25. The summed E-state index contributed by atoms with van der Waals surface area (Å²) in [5.74, 6) is -1.00. The summed E-state index contributed by atoms with van der Waals surface area (Å²) in [7, 11) is 0. The fraction of sp³-hybridized carbons (Fsp3) is 0.462. The number of hydrogen-bond acceptors (Lipinski definition) is 2. The first kappa shape index (κ1) is 13.5. The first-order valence-electron chi connectivity index (χ1n) is 5.81. The zero-order chi connectivity index (χ0) is 12.7. The number of carbonyl (C=O) groups is 1. The highest BCUT2D eigenvalue weighted by Crippen LogP contribution is 2.15. The molecule has 1 aromatic carbocycles. The predicted molar refractivity (Wildman–Crippen MR) is 65.7 cm³/mol. The third-order valence-electron chi connectivity index (χ3n) is 2.51. The maximum Gasteiger partial charge on any atom is 0.303 e. The predicted octanol–water partition coefficient (Wildman–Crippen LogP) is 3.19. The van der Waals surface area contributed by atoms with E-state index in [0.717, 1.165) is 18.4 Å². The average molecular weight is 239 g/mol. The molecule has 0 atom stereocenters. The van der Waals surface area contributed by atoms with Crippen LogP contribution in [0.4, 0.5) is 10.1 Å². The minimum Gasteiger partial charge on any atom is -0.481 e. The number of anilines is 1. The van der Waals surface area contributed by atoms with Gasteiger partial charge in [0.25, 0.3) is 0 Å². The standard InChI is InChI=1S/C13H18FNO2/c1-10-6-7-12(11(14)9-10)15-8-4-2-3-5-13(16)17/h6-7,9,15H,2-5,8H2,1H3,(H,16,17). The van der Waals surface area contributed by atoms with Gasteiger partial charge in [-0.15, -0.1) is 0 Å². The minimum atomic E-state index is -0.762. The quantitative estimate of drug-likeness (QED) is 0.718. The molecule has 0 unspecified atom stereocenters. The molecule has 94 valence electrons. The van der Waals surface area contributed by atoms with Crippen molar-refractivity contribution in [2.24, 2.45) is 0 Å². The van der Waals surface area contributed by atoms with Crippen LogP contribution in [-0.4, -0.2) is 17.6 Å². The number of halogens is 1. The van der Waals surface area contributed by atoms with E-state index in [4.69, 9.17) is 5.11 Å². The molecule has 0 aromatic heterocycles. The molecule has 4 heteroatoms. The minimum absolute atomic E-state index is 0.207. The lowest BCUT2D eigenvalue weighted by molar-refractivity contribution is -0.137. The van der Waals surface area contributed by atoms with Crippen molar-refractivity contribution >= 4 is 11.7 Å². The Bertz CT molecular complexity index is 380. The van der Waals surface area contributed by atoms with Crippen molar-refractivity contribution in [1.29, 1.82) is 0 Å². The Morgan fingerprint density at radius 2 is 2.12 bits per heavy atom. The summed E-state index contributed by atoms with van der Waals surface area (Å²) in [4.78, 5) is 10.3. The van der Waals surface area contributed by atoms with Crippen LogP contribution in [0.5, 0.6) is 0 Å². The Balaban J connectivity index is 2.20. The van der Waals surface area contributed by atoms with Gasteiger partial charge in [-0.1, -0.05) is 12.5 Å². The van der Waals surface area contributed by atoms with E-state index < -0.39 is 5.97 Å². The van der Waals surface area contributed by atoms with Crippen molar-refractivity contribution in [3.63, 3.8) is 0 Å². The van der Waals surface area contributed by atoms with Gasteiger partial charge < -0.3 is 10.4 Å². The van der Waals surface area contributed by atoms with Gasteiger partial charge in [0.2, 0.25) is 0 Å².